The Morgan fingerprint density at radius 2 is 2.05 bits per heavy atom. The lowest BCUT2D eigenvalue weighted by Crippen LogP contribution is -2.58. The van der Waals surface area contributed by atoms with Crippen LogP contribution in [0.25, 0.3) is 0 Å². The molecule has 0 radical (unpaired) electrons. The Bertz CT molecular complexity index is 277. The molecular formula is C18H36N2. The van der Waals surface area contributed by atoms with Crippen LogP contribution < -0.4 is 5.32 Å². The second kappa shape index (κ2) is 7.79. The van der Waals surface area contributed by atoms with E-state index in [-0.39, 0.29) is 0 Å². The monoisotopic (exact) mass is 280 g/mol. The third-order valence-corrected chi connectivity index (χ3v) is 5.71. The fourth-order valence-corrected chi connectivity index (χ4v) is 4.18. The highest BCUT2D eigenvalue weighted by molar-refractivity contribution is 4.87. The van der Waals surface area contributed by atoms with E-state index < -0.39 is 0 Å². The van der Waals surface area contributed by atoms with Crippen molar-refractivity contribution in [2.75, 3.05) is 19.6 Å². The van der Waals surface area contributed by atoms with Crippen LogP contribution in [0.5, 0.6) is 0 Å². The van der Waals surface area contributed by atoms with Crippen molar-refractivity contribution >= 4 is 0 Å². The smallest absolute Gasteiger partial charge is 0.0218 e. The molecule has 1 saturated carbocycles. The van der Waals surface area contributed by atoms with Crippen molar-refractivity contribution in [1.82, 2.24) is 10.2 Å². The highest BCUT2D eigenvalue weighted by Crippen LogP contribution is 2.31. The van der Waals surface area contributed by atoms with E-state index in [1.54, 1.807) is 0 Å². The number of hydrogen-bond donors (Lipinski definition) is 1. The van der Waals surface area contributed by atoms with Gasteiger partial charge in [0, 0.05) is 25.2 Å². The number of piperazine rings is 1. The first-order chi connectivity index (χ1) is 9.60. The van der Waals surface area contributed by atoms with Crippen LogP contribution in [0.3, 0.4) is 0 Å². The van der Waals surface area contributed by atoms with E-state index in [9.17, 15) is 0 Å². The average Bonchev–Trinajstić information content (AvgIpc) is 2.44. The molecule has 0 aromatic carbocycles. The number of nitrogens with zero attached hydrogens (tertiary/aromatic N) is 1. The largest absolute Gasteiger partial charge is 0.311 e. The van der Waals surface area contributed by atoms with Gasteiger partial charge in [-0.3, -0.25) is 4.90 Å². The summed E-state index contributed by atoms with van der Waals surface area (Å²) in [6, 6.07) is 1.47. The van der Waals surface area contributed by atoms with Crippen LogP contribution >= 0.6 is 0 Å². The van der Waals surface area contributed by atoms with Gasteiger partial charge in [0.2, 0.25) is 0 Å². The van der Waals surface area contributed by atoms with E-state index in [0.717, 1.165) is 23.8 Å². The minimum atomic E-state index is 0.697. The maximum absolute atomic E-state index is 3.75. The zero-order chi connectivity index (χ0) is 14.5. The molecule has 0 amide bonds. The van der Waals surface area contributed by atoms with Crippen LogP contribution in [0.2, 0.25) is 0 Å². The van der Waals surface area contributed by atoms with E-state index in [0.29, 0.717) is 6.04 Å². The van der Waals surface area contributed by atoms with E-state index in [1.807, 2.05) is 0 Å². The first-order valence-corrected chi connectivity index (χ1v) is 9.07. The normalized spacial score (nSPS) is 36.5. The van der Waals surface area contributed by atoms with Gasteiger partial charge >= 0.3 is 0 Å². The predicted molar refractivity (Wildman–Crippen MR) is 88.0 cm³/mol. The third kappa shape index (κ3) is 4.46. The van der Waals surface area contributed by atoms with E-state index in [1.165, 1.54) is 58.2 Å². The van der Waals surface area contributed by atoms with Gasteiger partial charge in [-0.1, -0.05) is 47.0 Å². The van der Waals surface area contributed by atoms with Crippen molar-refractivity contribution in [1.29, 1.82) is 0 Å². The lowest BCUT2D eigenvalue weighted by molar-refractivity contribution is 0.0982. The summed E-state index contributed by atoms with van der Waals surface area (Å²) in [5.74, 6) is 2.73. The van der Waals surface area contributed by atoms with E-state index >= 15 is 0 Å². The van der Waals surface area contributed by atoms with Crippen LogP contribution in [-0.2, 0) is 0 Å². The molecule has 4 atom stereocenters. The summed E-state index contributed by atoms with van der Waals surface area (Å²) in [4.78, 5) is 2.79. The predicted octanol–water partition coefficient (Wildman–Crippen LogP) is 3.91. The molecule has 2 nitrogen and oxygen atoms in total. The number of nitrogens with one attached hydrogen (secondary N) is 1. The summed E-state index contributed by atoms with van der Waals surface area (Å²) in [7, 11) is 0. The minimum Gasteiger partial charge on any atom is -0.311 e. The summed E-state index contributed by atoms with van der Waals surface area (Å²) < 4.78 is 0. The molecule has 0 aromatic heterocycles. The Morgan fingerprint density at radius 3 is 2.70 bits per heavy atom. The molecule has 20 heavy (non-hydrogen) atoms. The van der Waals surface area contributed by atoms with Crippen molar-refractivity contribution in [3.63, 3.8) is 0 Å². The van der Waals surface area contributed by atoms with Crippen LogP contribution in [-0.4, -0.2) is 36.6 Å². The first kappa shape index (κ1) is 16.3. The maximum atomic E-state index is 3.75. The molecule has 0 bridgehead atoms. The summed E-state index contributed by atoms with van der Waals surface area (Å²) in [6.07, 6.45) is 8.64. The Kier molecular flexibility index (Phi) is 6.35. The molecule has 1 N–H and O–H groups in total. The zero-order valence-electron chi connectivity index (χ0n) is 14.2. The molecule has 2 fully saturated rings. The average molecular weight is 280 g/mol. The topological polar surface area (TPSA) is 15.3 Å². The van der Waals surface area contributed by atoms with Gasteiger partial charge in [-0.15, -0.1) is 0 Å². The van der Waals surface area contributed by atoms with Gasteiger partial charge in [-0.05, 0) is 43.6 Å². The van der Waals surface area contributed by atoms with Crippen molar-refractivity contribution < 1.29 is 0 Å². The Hall–Kier alpha value is -0.0800. The highest BCUT2D eigenvalue weighted by atomic mass is 15.2. The molecule has 118 valence electrons. The molecule has 1 saturated heterocycles. The van der Waals surface area contributed by atoms with Crippen molar-refractivity contribution in [3.8, 4) is 0 Å². The van der Waals surface area contributed by atoms with Crippen LogP contribution in [0.15, 0.2) is 0 Å². The zero-order valence-corrected chi connectivity index (χ0v) is 14.2. The van der Waals surface area contributed by atoms with Crippen molar-refractivity contribution in [3.05, 3.63) is 0 Å². The van der Waals surface area contributed by atoms with E-state index in [4.69, 9.17) is 0 Å². The highest BCUT2D eigenvalue weighted by Gasteiger charge is 2.29. The van der Waals surface area contributed by atoms with Gasteiger partial charge in [0.05, 0.1) is 0 Å². The van der Waals surface area contributed by atoms with Gasteiger partial charge in [0.15, 0.2) is 0 Å². The molecule has 0 spiro atoms. The van der Waals surface area contributed by atoms with Gasteiger partial charge in [-0.2, -0.15) is 0 Å². The fraction of sp³-hybridized carbons (Fsp3) is 1.00. The van der Waals surface area contributed by atoms with E-state index in [2.05, 4.69) is 37.9 Å². The van der Waals surface area contributed by atoms with Gasteiger partial charge in [-0.25, -0.2) is 0 Å². The molecule has 1 heterocycles. The molecule has 4 unspecified atom stereocenters. The molecule has 0 aromatic rings. The number of rotatable bonds is 5. The number of hydrogen-bond acceptors (Lipinski definition) is 2. The lowest BCUT2D eigenvalue weighted by atomic mass is 9.80. The van der Waals surface area contributed by atoms with Gasteiger partial charge < -0.3 is 5.32 Å². The SMILES string of the molecule is CCC1CNC(C(C)C)CN1CCC1CCCC(C)C1. The summed E-state index contributed by atoms with van der Waals surface area (Å²) in [5, 5.41) is 3.75. The van der Waals surface area contributed by atoms with Gasteiger partial charge in [0.1, 0.15) is 0 Å². The first-order valence-electron chi connectivity index (χ1n) is 9.07. The quantitative estimate of drug-likeness (QED) is 0.821. The second-order valence-electron chi connectivity index (χ2n) is 7.74. The lowest BCUT2D eigenvalue weighted by Gasteiger charge is -2.42. The summed E-state index contributed by atoms with van der Waals surface area (Å²) in [5.41, 5.74) is 0. The standard InChI is InChI=1S/C18H36N2/c1-5-17-12-19-18(14(2)3)13-20(17)10-9-16-8-6-7-15(4)11-16/h14-19H,5-13H2,1-4H3. The van der Waals surface area contributed by atoms with Crippen LogP contribution in [0, 0.1) is 17.8 Å². The Morgan fingerprint density at radius 1 is 1.25 bits per heavy atom. The molecule has 1 aliphatic carbocycles. The minimum absolute atomic E-state index is 0.697. The molecule has 2 rings (SSSR count). The Balaban J connectivity index is 1.81. The summed E-state index contributed by atoms with van der Waals surface area (Å²) in [6.45, 7) is 13.3. The second-order valence-corrected chi connectivity index (χ2v) is 7.74. The van der Waals surface area contributed by atoms with Crippen LogP contribution in [0.4, 0.5) is 0 Å². The van der Waals surface area contributed by atoms with Crippen molar-refractivity contribution in [2.24, 2.45) is 17.8 Å². The van der Waals surface area contributed by atoms with Gasteiger partial charge in [0.25, 0.3) is 0 Å². The molecule has 2 aliphatic rings. The molecule has 2 heteroatoms. The van der Waals surface area contributed by atoms with Crippen LogP contribution in [0.1, 0.15) is 66.2 Å². The third-order valence-electron chi connectivity index (χ3n) is 5.71. The maximum Gasteiger partial charge on any atom is 0.0218 e. The summed E-state index contributed by atoms with van der Waals surface area (Å²) >= 11 is 0. The molecular weight excluding hydrogens is 244 g/mol. The Labute approximate surface area is 126 Å². The molecule has 1 aliphatic heterocycles. The van der Waals surface area contributed by atoms with Crippen molar-refractivity contribution in [2.45, 2.75) is 78.3 Å². The fourth-order valence-electron chi connectivity index (χ4n) is 4.18.